The van der Waals surface area contributed by atoms with Gasteiger partial charge >= 0.3 is 0 Å². The molecule has 1 heterocycles. The maximum Gasteiger partial charge on any atom is 0.187 e. The lowest BCUT2D eigenvalue weighted by Crippen LogP contribution is -2.42. The van der Waals surface area contributed by atoms with Crippen LogP contribution in [0.4, 0.5) is 0 Å². The summed E-state index contributed by atoms with van der Waals surface area (Å²) in [6, 6.07) is -0.0556. The van der Waals surface area contributed by atoms with E-state index < -0.39 is 5.60 Å². The third-order valence-electron chi connectivity index (χ3n) is 2.23. The van der Waals surface area contributed by atoms with Crippen LogP contribution in [0.1, 0.15) is 27.7 Å². The number of hydrogen-bond donors (Lipinski definition) is 0. The maximum atomic E-state index is 11.1. The molecule has 62 valence electrons. The predicted molar refractivity (Wildman–Crippen MR) is 42.7 cm³/mol. The average Bonchev–Trinajstić information content (AvgIpc) is 2.08. The molecular weight excluding hydrogens is 142 g/mol. The summed E-state index contributed by atoms with van der Waals surface area (Å²) >= 11 is 0. The molecule has 11 heavy (non-hydrogen) atoms. The van der Waals surface area contributed by atoms with Gasteiger partial charge in [-0.1, -0.05) is 0 Å². The molecule has 1 rings (SSSR count). The van der Waals surface area contributed by atoms with Crippen molar-refractivity contribution in [3.63, 3.8) is 0 Å². The van der Waals surface area contributed by atoms with Gasteiger partial charge in [-0.25, -0.2) is 4.99 Å². The van der Waals surface area contributed by atoms with Crippen LogP contribution in [0.2, 0.25) is 0 Å². The van der Waals surface area contributed by atoms with Gasteiger partial charge in [0.15, 0.2) is 17.3 Å². The van der Waals surface area contributed by atoms with E-state index in [0.717, 1.165) is 0 Å². The zero-order valence-electron chi connectivity index (χ0n) is 7.34. The van der Waals surface area contributed by atoms with E-state index in [0.29, 0.717) is 5.90 Å². The largest absolute Gasteiger partial charge is 0.465 e. The highest BCUT2D eigenvalue weighted by molar-refractivity contribution is 5.91. The molecule has 3 nitrogen and oxygen atoms in total. The van der Waals surface area contributed by atoms with Gasteiger partial charge < -0.3 is 4.74 Å². The van der Waals surface area contributed by atoms with Crippen LogP contribution in [0, 0.1) is 0 Å². The Morgan fingerprint density at radius 1 is 1.73 bits per heavy atom. The zero-order valence-corrected chi connectivity index (χ0v) is 7.34. The minimum atomic E-state index is -0.718. The van der Waals surface area contributed by atoms with E-state index in [2.05, 4.69) is 4.99 Å². The van der Waals surface area contributed by atoms with Crippen LogP contribution in [0.15, 0.2) is 4.99 Å². The number of hydrogen-bond acceptors (Lipinski definition) is 3. The SMILES string of the molecule is CC(=O)[C@@]1(C)OC(C)=N[C@H]1C. The summed E-state index contributed by atoms with van der Waals surface area (Å²) in [6.07, 6.45) is 0. The normalized spacial score (nSPS) is 36.4. The molecule has 0 unspecified atom stereocenters. The number of carbonyl (C=O) groups excluding carboxylic acids is 1. The van der Waals surface area contributed by atoms with Crippen LogP contribution in [-0.2, 0) is 9.53 Å². The minimum absolute atomic E-state index is 0.0330. The molecule has 0 bridgehead atoms. The van der Waals surface area contributed by atoms with E-state index >= 15 is 0 Å². The first-order valence-electron chi connectivity index (χ1n) is 3.71. The molecule has 0 N–H and O–H groups in total. The van der Waals surface area contributed by atoms with Crippen molar-refractivity contribution >= 4 is 11.7 Å². The number of rotatable bonds is 1. The molecule has 0 spiro atoms. The van der Waals surface area contributed by atoms with Gasteiger partial charge in [0, 0.05) is 6.92 Å². The first-order chi connectivity index (χ1) is 4.97. The van der Waals surface area contributed by atoms with E-state index in [1.165, 1.54) is 6.92 Å². The van der Waals surface area contributed by atoms with E-state index in [9.17, 15) is 4.79 Å². The second kappa shape index (κ2) is 2.32. The first kappa shape index (κ1) is 8.24. The fraction of sp³-hybridized carbons (Fsp3) is 0.750. The molecule has 0 amide bonds. The molecule has 0 aromatic rings. The highest BCUT2D eigenvalue weighted by atomic mass is 16.5. The van der Waals surface area contributed by atoms with Gasteiger partial charge in [-0.15, -0.1) is 0 Å². The summed E-state index contributed by atoms with van der Waals surface area (Å²) in [5, 5.41) is 0. The van der Waals surface area contributed by atoms with Crippen molar-refractivity contribution < 1.29 is 9.53 Å². The van der Waals surface area contributed by atoms with Gasteiger partial charge in [0.05, 0.1) is 6.04 Å². The van der Waals surface area contributed by atoms with Crippen molar-refractivity contribution in [2.24, 2.45) is 4.99 Å². The lowest BCUT2D eigenvalue weighted by Gasteiger charge is -2.23. The Labute approximate surface area is 66.5 Å². The van der Waals surface area contributed by atoms with Crippen LogP contribution in [0.3, 0.4) is 0 Å². The lowest BCUT2D eigenvalue weighted by molar-refractivity contribution is -0.131. The Morgan fingerprint density at radius 3 is 2.45 bits per heavy atom. The van der Waals surface area contributed by atoms with Crippen molar-refractivity contribution in [2.45, 2.75) is 39.3 Å². The fourth-order valence-corrected chi connectivity index (χ4v) is 1.18. The fourth-order valence-electron chi connectivity index (χ4n) is 1.18. The van der Waals surface area contributed by atoms with E-state index in [4.69, 9.17) is 4.74 Å². The second-order valence-electron chi connectivity index (χ2n) is 3.09. The molecular formula is C8H13NO2. The molecule has 0 radical (unpaired) electrons. The number of nitrogens with zero attached hydrogens (tertiary/aromatic N) is 1. The number of Topliss-reactive ketones (excluding diaryl/α,β-unsaturated/α-hetero) is 1. The molecule has 0 fully saturated rings. The minimum Gasteiger partial charge on any atom is -0.465 e. The van der Waals surface area contributed by atoms with E-state index in [-0.39, 0.29) is 11.8 Å². The molecule has 0 aromatic heterocycles. The van der Waals surface area contributed by atoms with Crippen LogP contribution in [0.25, 0.3) is 0 Å². The summed E-state index contributed by atoms with van der Waals surface area (Å²) in [5.41, 5.74) is -0.718. The van der Waals surface area contributed by atoms with Gasteiger partial charge in [0.1, 0.15) is 0 Å². The number of ketones is 1. The van der Waals surface area contributed by atoms with Gasteiger partial charge in [-0.3, -0.25) is 4.79 Å². The molecule has 1 aliphatic rings. The molecule has 3 heteroatoms. The standard InChI is InChI=1S/C8H13NO2/c1-5-8(4,6(2)10)11-7(3)9-5/h5H,1-4H3/t5-,8-/m0/s1. The Hall–Kier alpha value is -0.860. The summed E-state index contributed by atoms with van der Waals surface area (Å²) in [6.45, 7) is 6.97. The topological polar surface area (TPSA) is 38.7 Å². The predicted octanol–water partition coefficient (Wildman–Crippen LogP) is 1.17. The van der Waals surface area contributed by atoms with Gasteiger partial charge in [0.25, 0.3) is 0 Å². The third kappa shape index (κ3) is 1.15. The van der Waals surface area contributed by atoms with Crippen molar-refractivity contribution in [1.82, 2.24) is 0 Å². The number of aliphatic imine (C=N–C) groups is 1. The Balaban J connectivity index is 2.86. The van der Waals surface area contributed by atoms with Crippen LogP contribution in [0.5, 0.6) is 0 Å². The summed E-state index contributed by atoms with van der Waals surface area (Å²) < 4.78 is 5.32. The quantitative estimate of drug-likeness (QED) is 0.570. The van der Waals surface area contributed by atoms with Crippen LogP contribution in [-0.4, -0.2) is 23.3 Å². The third-order valence-corrected chi connectivity index (χ3v) is 2.23. The lowest BCUT2D eigenvalue weighted by atomic mass is 9.95. The van der Waals surface area contributed by atoms with E-state index in [1.54, 1.807) is 13.8 Å². The Kier molecular flexibility index (Phi) is 1.74. The molecule has 0 saturated carbocycles. The Morgan fingerprint density at radius 2 is 2.27 bits per heavy atom. The molecule has 0 saturated heterocycles. The second-order valence-corrected chi connectivity index (χ2v) is 3.09. The van der Waals surface area contributed by atoms with Gasteiger partial charge in [-0.2, -0.15) is 0 Å². The van der Waals surface area contributed by atoms with Crippen LogP contribution < -0.4 is 0 Å². The smallest absolute Gasteiger partial charge is 0.187 e. The van der Waals surface area contributed by atoms with Crippen molar-refractivity contribution in [3.8, 4) is 0 Å². The van der Waals surface area contributed by atoms with Gasteiger partial charge in [-0.05, 0) is 20.8 Å². The zero-order chi connectivity index (χ0) is 8.65. The maximum absolute atomic E-state index is 11.1. The van der Waals surface area contributed by atoms with Crippen molar-refractivity contribution in [1.29, 1.82) is 0 Å². The summed E-state index contributed by atoms with van der Waals surface area (Å²) in [5.74, 6) is 0.640. The highest BCUT2D eigenvalue weighted by Crippen LogP contribution is 2.25. The summed E-state index contributed by atoms with van der Waals surface area (Å²) in [7, 11) is 0. The van der Waals surface area contributed by atoms with Crippen molar-refractivity contribution in [2.75, 3.05) is 0 Å². The number of carbonyl (C=O) groups is 1. The monoisotopic (exact) mass is 155 g/mol. The number of ether oxygens (including phenoxy) is 1. The molecule has 0 aliphatic carbocycles. The molecule has 2 atom stereocenters. The molecule has 0 aromatic carbocycles. The highest BCUT2D eigenvalue weighted by Gasteiger charge is 2.42. The first-order valence-corrected chi connectivity index (χ1v) is 3.71. The van der Waals surface area contributed by atoms with E-state index in [1.807, 2.05) is 6.92 Å². The summed E-state index contributed by atoms with van der Waals surface area (Å²) in [4.78, 5) is 15.3. The molecule has 1 aliphatic heterocycles. The van der Waals surface area contributed by atoms with Crippen LogP contribution >= 0.6 is 0 Å². The Bertz CT molecular complexity index is 222. The van der Waals surface area contributed by atoms with Crippen molar-refractivity contribution in [3.05, 3.63) is 0 Å². The average molecular weight is 155 g/mol. The van der Waals surface area contributed by atoms with Gasteiger partial charge in [0.2, 0.25) is 0 Å².